The molecule has 0 unspecified atom stereocenters. The lowest BCUT2D eigenvalue weighted by Crippen LogP contribution is -2.35. The van der Waals surface area contributed by atoms with Crippen LogP contribution in [0.15, 0.2) is 11.1 Å². The van der Waals surface area contributed by atoms with Gasteiger partial charge in [0, 0.05) is 13.0 Å². The molecule has 7 nitrogen and oxygen atoms in total. The molecule has 0 bridgehead atoms. The summed E-state index contributed by atoms with van der Waals surface area (Å²) >= 11 is 1.29. The van der Waals surface area contributed by atoms with E-state index in [0.29, 0.717) is 39.6 Å². The van der Waals surface area contributed by atoms with E-state index in [-0.39, 0.29) is 11.5 Å². The molecular formula is C15H15N5O2S. The standard InChI is InChI=1S/C15H15N5O2S/c1-7-11-13(21)18-8(2)19-14(11)23-12(7)15(22)20-4-3-9-10(5-20)17-6-16-9/h6H,3-5H2,1-2H3,(H,16,17)(H,18,19,21). The minimum absolute atomic E-state index is 0.0530. The normalized spacial score (nSPS) is 14.3. The first-order valence-corrected chi connectivity index (χ1v) is 8.16. The Morgan fingerprint density at radius 1 is 1.39 bits per heavy atom. The van der Waals surface area contributed by atoms with Crippen molar-refractivity contribution < 1.29 is 4.79 Å². The van der Waals surface area contributed by atoms with Crippen molar-refractivity contribution in [3.05, 3.63) is 44.3 Å². The van der Waals surface area contributed by atoms with Gasteiger partial charge in [0.05, 0.1) is 34.5 Å². The second kappa shape index (κ2) is 5.02. The number of nitrogens with zero attached hydrogens (tertiary/aromatic N) is 3. The molecule has 4 rings (SSSR count). The number of carbonyl (C=O) groups excluding carboxylic acids is 1. The third kappa shape index (κ3) is 2.17. The highest BCUT2D eigenvalue weighted by molar-refractivity contribution is 7.20. The van der Waals surface area contributed by atoms with Gasteiger partial charge in [0.25, 0.3) is 11.5 Å². The molecule has 4 heterocycles. The molecule has 0 saturated carbocycles. The maximum Gasteiger partial charge on any atom is 0.264 e. The number of imidazole rings is 1. The molecule has 0 aliphatic carbocycles. The van der Waals surface area contributed by atoms with Crippen LogP contribution in [0, 0.1) is 13.8 Å². The summed E-state index contributed by atoms with van der Waals surface area (Å²) < 4.78 is 0. The number of aromatic nitrogens is 4. The number of hydrogen-bond donors (Lipinski definition) is 2. The summed E-state index contributed by atoms with van der Waals surface area (Å²) in [4.78, 5) is 42.4. The quantitative estimate of drug-likeness (QED) is 0.708. The van der Waals surface area contributed by atoms with E-state index in [4.69, 9.17) is 0 Å². The van der Waals surface area contributed by atoms with Crippen molar-refractivity contribution in [3.8, 4) is 0 Å². The molecule has 1 aliphatic rings. The third-order valence-electron chi connectivity index (χ3n) is 4.18. The SMILES string of the molecule is Cc1nc2sc(C(=O)N3CCc4nc[nH]c4C3)c(C)c2c(=O)[nH]1. The van der Waals surface area contributed by atoms with Gasteiger partial charge in [-0.3, -0.25) is 9.59 Å². The van der Waals surface area contributed by atoms with E-state index in [2.05, 4.69) is 19.9 Å². The van der Waals surface area contributed by atoms with E-state index >= 15 is 0 Å². The molecule has 0 fully saturated rings. The number of thiophene rings is 1. The third-order valence-corrected chi connectivity index (χ3v) is 5.35. The van der Waals surface area contributed by atoms with Gasteiger partial charge in [-0.1, -0.05) is 0 Å². The lowest BCUT2D eigenvalue weighted by molar-refractivity contribution is 0.0736. The molecule has 0 aromatic carbocycles. The van der Waals surface area contributed by atoms with Crippen LogP contribution in [0.3, 0.4) is 0 Å². The molecule has 1 aliphatic heterocycles. The summed E-state index contributed by atoms with van der Waals surface area (Å²) in [6.45, 7) is 4.70. The van der Waals surface area contributed by atoms with Crippen LogP contribution in [0.5, 0.6) is 0 Å². The number of amides is 1. The first-order valence-electron chi connectivity index (χ1n) is 7.35. The summed E-state index contributed by atoms with van der Waals surface area (Å²) in [6.07, 6.45) is 2.40. The number of carbonyl (C=O) groups is 1. The van der Waals surface area contributed by atoms with E-state index in [0.717, 1.165) is 17.8 Å². The van der Waals surface area contributed by atoms with Gasteiger partial charge in [-0.2, -0.15) is 0 Å². The van der Waals surface area contributed by atoms with Crippen molar-refractivity contribution in [1.82, 2.24) is 24.8 Å². The van der Waals surface area contributed by atoms with Crippen LogP contribution in [-0.2, 0) is 13.0 Å². The van der Waals surface area contributed by atoms with Gasteiger partial charge < -0.3 is 14.9 Å². The van der Waals surface area contributed by atoms with Crippen LogP contribution in [-0.4, -0.2) is 37.3 Å². The molecule has 0 atom stereocenters. The summed E-state index contributed by atoms with van der Waals surface area (Å²) in [7, 11) is 0. The fourth-order valence-electron chi connectivity index (χ4n) is 2.98. The first kappa shape index (κ1) is 14.1. The van der Waals surface area contributed by atoms with E-state index in [9.17, 15) is 9.59 Å². The Bertz CT molecular complexity index is 984. The Balaban J connectivity index is 1.75. The fraction of sp³-hybridized carbons (Fsp3) is 0.333. The lowest BCUT2D eigenvalue weighted by atomic mass is 10.1. The van der Waals surface area contributed by atoms with Crippen molar-refractivity contribution in [2.45, 2.75) is 26.8 Å². The molecule has 3 aromatic rings. The minimum Gasteiger partial charge on any atom is -0.347 e. The number of aromatic amines is 2. The number of hydrogen-bond acceptors (Lipinski definition) is 5. The van der Waals surface area contributed by atoms with Crippen LogP contribution in [0.2, 0.25) is 0 Å². The largest absolute Gasteiger partial charge is 0.347 e. The van der Waals surface area contributed by atoms with E-state index < -0.39 is 0 Å². The van der Waals surface area contributed by atoms with Crippen LogP contribution >= 0.6 is 11.3 Å². The number of nitrogens with one attached hydrogen (secondary N) is 2. The van der Waals surface area contributed by atoms with Crippen molar-refractivity contribution in [3.63, 3.8) is 0 Å². The molecule has 118 valence electrons. The average Bonchev–Trinajstić information content (AvgIpc) is 3.10. The highest BCUT2D eigenvalue weighted by Gasteiger charge is 2.27. The highest BCUT2D eigenvalue weighted by Crippen LogP contribution is 2.29. The smallest absolute Gasteiger partial charge is 0.264 e. The molecule has 0 radical (unpaired) electrons. The fourth-order valence-corrected chi connectivity index (χ4v) is 4.18. The second-order valence-corrected chi connectivity index (χ2v) is 6.69. The Morgan fingerprint density at radius 3 is 3.04 bits per heavy atom. The van der Waals surface area contributed by atoms with Crippen LogP contribution in [0.4, 0.5) is 0 Å². The van der Waals surface area contributed by atoms with Crippen LogP contribution < -0.4 is 5.56 Å². The van der Waals surface area contributed by atoms with Crippen LogP contribution in [0.1, 0.15) is 32.4 Å². The molecule has 1 amide bonds. The zero-order chi connectivity index (χ0) is 16.1. The molecule has 8 heteroatoms. The topological polar surface area (TPSA) is 94.7 Å². The number of fused-ring (bicyclic) bond motifs is 2. The summed E-state index contributed by atoms with van der Waals surface area (Å²) in [5.41, 5.74) is 2.53. The van der Waals surface area contributed by atoms with E-state index in [1.165, 1.54) is 11.3 Å². The highest BCUT2D eigenvalue weighted by atomic mass is 32.1. The Labute approximate surface area is 135 Å². The lowest BCUT2D eigenvalue weighted by Gasteiger charge is -2.26. The summed E-state index contributed by atoms with van der Waals surface area (Å²) in [6, 6.07) is 0. The first-order chi connectivity index (χ1) is 11.0. The van der Waals surface area contributed by atoms with Crippen molar-refractivity contribution >= 4 is 27.5 Å². The predicted molar refractivity (Wildman–Crippen MR) is 86.7 cm³/mol. The van der Waals surface area contributed by atoms with Gasteiger partial charge >= 0.3 is 0 Å². The Hall–Kier alpha value is -2.48. The van der Waals surface area contributed by atoms with Gasteiger partial charge in [0.1, 0.15) is 10.7 Å². The Morgan fingerprint density at radius 2 is 2.22 bits per heavy atom. The van der Waals surface area contributed by atoms with E-state index in [1.807, 2.05) is 6.92 Å². The van der Waals surface area contributed by atoms with Gasteiger partial charge in [0.2, 0.25) is 0 Å². The monoisotopic (exact) mass is 329 g/mol. The van der Waals surface area contributed by atoms with Gasteiger partial charge in [-0.15, -0.1) is 11.3 Å². The zero-order valence-corrected chi connectivity index (χ0v) is 13.6. The van der Waals surface area contributed by atoms with Crippen LogP contribution in [0.25, 0.3) is 10.2 Å². The molecule has 3 aromatic heterocycles. The van der Waals surface area contributed by atoms with Crippen molar-refractivity contribution in [2.75, 3.05) is 6.54 Å². The number of rotatable bonds is 1. The number of aryl methyl sites for hydroxylation is 2. The molecule has 2 N–H and O–H groups in total. The van der Waals surface area contributed by atoms with Crippen molar-refractivity contribution in [1.29, 1.82) is 0 Å². The van der Waals surface area contributed by atoms with Gasteiger partial charge in [0.15, 0.2) is 0 Å². The Kier molecular flexibility index (Phi) is 3.08. The molecular weight excluding hydrogens is 314 g/mol. The van der Waals surface area contributed by atoms with Crippen molar-refractivity contribution in [2.24, 2.45) is 0 Å². The van der Waals surface area contributed by atoms with E-state index in [1.54, 1.807) is 18.2 Å². The van der Waals surface area contributed by atoms with Gasteiger partial charge in [-0.25, -0.2) is 9.97 Å². The number of H-pyrrole nitrogens is 2. The summed E-state index contributed by atoms with van der Waals surface area (Å²) in [5, 5.41) is 0.517. The zero-order valence-electron chi connectivity index (χ0n) is 12.8. The molecule has 0 saturated heterocycles. The average molecular weight is 329 g/mol. The molecule has 0 spiro atoms. The summed E-state index contributed by atoms with van der Waals surface area (Å²) in [5.74, 6) is 0.505. The molecule has 23 heavy (non-hydrogen) atoms. The maximum absolute atomic E-state index is 12.9. The van der Waals surface area contributed by atoms with Gasteiger partial charge in [-0.05, 0) is 19.4 Å². The minimum atomic E-state index is -0.185. The second-order valence-electron chi connectivity index (χ2n) is 5.69. The predicted octanol–water partition coefficient (Wildman–Crippen LogP) is 1.52. The maximum atomic E-state index is 12.9.